The number of rotatable bonds is 4. The molecule has 0 fully saturated rings. The SMILES string of the molecule is Cc1ccc(C)c(OCc2cc(-c3ccco3)on2)c1. The van der Waals surface area contributed by atoms with Crippen LogP contribution in [0.15, 0.2) is 51.6 Å². The summed E-state index contributed by atoms with van der Waals surface area (Å²) in [5, 5.41) is 3.98. The van der Waals surface area contributed by atoms with Crippen LogP contribution in [0.2, 0.25) is 0 Å². The molecule has 0 unspecified atom stereocenters. The molecule has 0 bridgehead atoms. The monoisotopic (exact) mass is 269 g/mol. The van der Waals surface area contributed by atoms with Crippen LogP contribution in [0.5, 0.6) is 5.75 Å². The Balaban J connectivity index is 1.71. The largest absolute Gasteiger partial charge is 0.487 e. The highest BCUT2D eigenvalue weighted by Gasteiger charge is 2.10. The predicted octanol–water partition coefficient (Wildman–Crippen LogP) is 4.13. The van der Waals surface area contributed by atoms with Crippen LogP contribution < -0.4 is 4.74 Å². The lowest BCUT2D eigenvalue weighted by Crippen LogP contribution is -1.97. The maximum atomic E-state index is 5.78. The lowest BCUT2D eigenvalue weighted by molar-refractivity contribution is 0.287. The first-order valence-corrected chi connectivity index (χ1v) is 6.42. The summed E-state index contributed by atoms with van der Waals surface area (Å²) in [5.41, 5.74) is 3.00. The molecule has 3 rings (SSSR count). The lowest BCUT2D eigenvalue weighted by Gasteiger charge is -2.07. The molecule has 0 amide bonds. The summed E-state index contributed by atoms with van der Waals surface area (Å²) in [6, 6.07) is 11.6. The van der Waals surface area contributed by atoms with Gasteiger partial charge in [-0.3, -0.25) is 0 Å². The molecule has 0 N–H and O–H groups in total. The Morgan fingerprint density at radius 3 is 2.80 bits per heavy atom. The van der Waals surface area contributed by atoms with Crippen LogP contribution in [-0.2, 0) is 6.61 Å². The Morgan fingerprint density at radius 2 is 2.00 bits per heavy atom. The Morgan fingerprint density at radius 1 is 1.10 bits per heavy atom. The fraction of sp³-hybridized carbons (Fsp3) is 0.188. The van der Waals surface area contributed by atoms with Crippen LogP contribution >= 0.6 is 0 Å². The highest BCUT2D eigenvalue weighted by Crippen LogP contribution is 2.23. The van der Waals surface area contributed by atoms with Gasteiger partial charge in [0.15, 0.2) is 5.76 Å². The number of nitrogens with zero attached hydrogens (tertiary/aromatic N) is 1. The van der Waals surface area contributed by atoms with Crippen molar-refractivity contribution in [3.8, 4) is 17.3 Å². The van der Waals surface area contributed by atoms with Crippen LogP contribution in [-0.4, -0.2) is 5.16 Å². The van der Waals surface area contributed by atoms with Crippen molar-refractivity contribution in [2.75, 3.05) is 0 Å². The van der Waals surface area contributed by atoms with Crippen molar-refractivity contribution in [3.05, 3.63) is 59.5 Å². The normalized spacial score (nSPS) is 10.7. The Bertz CT molecular complexity index is 698. The third-order valence-electron chi connectivity index (χ3n) is 3.04. The minimum absolute atomic E-state index is 0.370. The number of aromatic nitrogens is 1. The van der Waals surface area contributed by atoms with E-state index in [9.17, 15) is 0 Å². The molecule has 0 spiro atoms. The van der Waals surface area contributed by atoms with Gasteiger partial charge in [-0.1, -0.05) is 17.3 Å². The van der Waals surface area contributed by atoms with E-state index in [1.807, 2.05) is 44.2 Å². The van der Waals surface area contributed by atoms with Gasteiger partial charge in [0, 0.05) is 6.07 Å². The third kappa shape index (κ3) is 2.59. The van der Waals surface area contributed by atoms with E-state index in [0.717, 1.165) is 17.0 Å². The summed E-state index contributed by atoms with van der Waals surface area (Å²) in [6.45, 7) is 4.43. The zero-order chi connectivity index (χ0) is 13.9. The second kappa shape index (κ2) is 5.25. The van der Waals surface area contributed by atoms with Gasteiger partial charge in [-0.05, 0) is 43.2 Å². The summed E-state index contributed by atoms with van der Waals surface area (Å²) >= 11 is 0. The fourth-order valence-electron chi connectivity index (χ4n) is 1.93. The van der Waals surface area contributed by atoms with E-state index in [2.05, 4.69) is 11.2 Å². The van der Waals surface area contributed by atoms with Gasteiger partial charge in [-0.25, -0.2) is 0 Å². The van der Waals surface area contributed by atoms with E-state index in [4.69, 9.17) is 13.7 Å². The number of hydrogen-bond acceptors (Lipinski definition) is 4. The van der Waals surface area contributed by atoms with Crippen molar-refractivity contribution >= 4 is 0 Å². The lowest BCUT2D eigenvalue weighted by atomic mass is 10.1. The van der Waals surface area contributed by atoms with Crippen LogP contribution in [0.3, 0.4) is 0 Å². The molecular weight excluding hydrogens is 254 g/mol. The minimum atomic E-state index is 0.370. The number of hydrogen-bond donors (Lipinski definition) is 0. The quantitative estimate of drug-likeness (QED) is 0.714. The van der Waals surface area contributed by atoms with Crippen molar-refractivity contribution in [1.82, 2.24) is 5.16 Å². The molecule has 4 heteroatoms. The zero-order valence-corrected chi connectivity index (χ0v) is 11.4. The van der Waals surface area contributed by atoms with Crippen molar-refractivity contribution in [2.24, 2.45) is 0 Å². The van der Waals surface area contributed by atoms with Crippen LogP contribution in [0.1, 0.15) is 16.8 Å². The summed E-state index contributed by atoms with van der Waals surface area (Å²) in [4.78, 5) is 0. The molecule has 1 aromatic carbocycles. The maximum absolute atomic E-state index is 5.78. The van der Waals surface area contributed by atoms with Crippen LogP contribution in [0.25, 0.3) is 11.5 Å². The van der Waals surface area contributed by atoms with Crippen molar-refractivity contribution < 1.29 is 13.7 Å². The molecule has 0 atom stereocenters. The van der Waals surface area contributed by atoms with E-state index in [1.165, 1.54) is 5.56 Å². The minimum Gasteiger partial charge on any atom is -0.487 e. The summed E-state index contributed by atoms with van der Waals surface area (Å²) in [5.74, 6) is 2.14. The van der Waals surface area contributed by atoms with E-state index >= 15 is 0 Å². The van der Waals surface area contributed by atoms with Gasteiger partial charge in [-0.15, -0.1) is 0 Å². The molecule has 0 radical (unpaired) electrons. The average Bonchev–Trinajstić information content (AvgIpc) is 3.09. The molecule has 0 aliphatic carbocycles. The average molecular weight is 269 g/mol. The topological polar surface area (TPSA) is 48.4 Å². The fourth-order valence-corrected chi connectivity index (χ4v) is 1.93. The smallest absolute Gasteiger partial charge is 0.202 e. The van der Waals surface area contributed by atoms with Gasteiger partial charge in [0.25, 0.3) is 0 Å². The molecule has 0 saturated carbocycles. The highest BCUT2D eigenvalue weighted by atomic mass is 16.5. The third-order valence-corrected chi connectivity index (χ3v) is 3.04. The second-order valence-corrected chi connectivity index (χ2v) is 4.72. The predicted molar refractivity (Wildman–Crippen MR) is 74.5 cm³/mol. The van der Waals surface area contributed by atoms with Gasteiger partial charge in [0.2, 0.25) is 5.76 Å². The van der Waals surface area contributed by atoms with Crippen molar-refractivity contribution in [2.45, 2.75) is 20.5 Å². The van der Waals surface area contributed by atoms with E-state index in [-0.39, 0.29) is 0 Å². The Labute approximate surface area is 117 Å². The Kier molecular flexibility index (Phi) is 3.29. The molecule has 20 heavy (non-hydrogen) atoms. The Hall–Kier alpha value is -2.49. The molecular formula is C16H15NO3. The molecule has 2 aromatic heterocycles. The first kappa shape index (κ1) is 12.5. The van der Waals surface area contributed by atoms with Gasteiger partial charge < -0.3 is 13.7 Å². The summed E-state index contributed by atoms with van der Waals surface area (Å²) in [7, 11) is 0. The second-order valence-electron chi connectivity index (χ2n) is 4.72. The van der Waals surface area contributed by atoms with E-state index in [0.29, 0.717) is 18.1 Å². The zero-order valence-electron chi connectivity index (χ0n) is 11.4. The molecule has 0 aliphatic rings. The highest BCUT2D eigenvalue weighted by molar-refractivity contribution is 5.49. The maximum Gasteiger partial charge on any atom is 0.202 e. The van der Waals surface area contributed by atoms with Gasteiger partial charge >= 0.3 is 0 Å². The molecule has 0 aliphatic heterocycles. The number of benzene rings is 1. The number of furan rings is 1. The summed E-state index contributed by atoms with van der Waals surface area (Å²) in [6.07, 6.45) is 1.60. The number of ether oxygens (including phenoxy) is 1. The van der Waals surface area contributed by atoms with E-state index < -0.39 is 0 Å². The molecule has 102 valence electrons. The molecule has 4 nitrogen and oxygen atoms in total. The van der Waals surface area contributed by atoms with Gasteiger partial charge in [0.05, 0.1) is 6.26 Å². The van der Waals surface area contributed by atoms with Crippen LogP contribution in [0, 0.1) is 13.8 Å². The molecule has 0 saturated heterocycles. The van der Waals surface area contributed by atoms with E-state index in [1.54, 1.807) is 6.26 Å². The summed E-state index contributed by atoms with van der Waals surface area (Å²) < 4.78 is 16.3. The van der Waals surface area contributed by atoms with Gasteiger partial charge in [-0.2, -0.15) is 0 Å². The standard InChI is InChI=1S/C16H15NO3/c1-11-5-6-12(2)15(8-11)19-10-13-9-16(20-17-13)14-4-3-7-18-14/h3-9H,10H2,1-2H3. The van der Waals surface area contributed by atoms with Crippen molar-refractivity contribution in [1.29, 1.82) is 0 Å². The number of aryl methyl sites for hydroxylation is 2. The molecule has 3 aromatic rings. The first-order chi connectivity index (χ1) is 9.72. The van der Waals surface area contributed by atoms with Crippen molar-refractivity contribution in [3.63, 3.8) is 0 Å². The molecule has 2 heterocycles. The van der Waals surface area contributed by atoms with Gasteiger partial charge in [0.1, 0.15) is 18.1 Å². The van der Waals surface area contributed by atoms with Crippen LogP contribution in [0.4, 0.5) is 0 Å². The first-order valence-electron chi connectivity index (χ1n) is 6.42.